The topological polar surface area (TPSA) is 38.7 Å². The number of ether oxygens (including phenoxy) is 2. The summed E-state index contributed by atoms with van der Waals surface area (Å²) >= 11 is 8.45. The molecule has 0 radical (unpaired) electrons. The highest BCUT2D eigenvalue weighted by Gasteiger charge is 2.21. The van der Waals surface area contributed by atoms with E-state index in [1.54, 1.807) is 11.3 Å². The number of fused-ring (bicyclic) bond motifs is 1. The van der Waals surface area contributed by atoms with Crippen LogP contribution in [0.1, 0.15) is 17.2 Å². The van der Waals surface area contributed by atoms with Gasteiger partial charge in [-0.05, 0) is 54.9 Å². The molecule has 1 unspecified atom stereocenters. The van der Waals surface area contributed by atoms with Crippen molar-refractivity contribution in [3.63, 3.8) is 0 Å². The van der Waals surface area contributed by atoms with Crippen molar-refractivity contribution in [2.45, 2.75) is 6.10 Å². The maximum absolute atomic E-state index is 10.4. The Balaban J connectivity index is 2.02. The Kier molecular flexibility index (Phi) is 3.84. The molecule has 2 aromatic rings. The van der Waals surface area contributed by atoms with E-state index in [0.717, 1.165) is 20.1 Å². The molecule has 0 aliphatic carbocycles. The lowest BCUT2D eigenvalue weighted by Crippen LogP contribution is -2.16. The Morgan fingerprint density at radius 1 is 1.11 bits per heavy atom. The second-order valence-corrected chi connectivity index (χ2v) is 6.56. The van der Waals surface area contributed by atoms with Crippen molar-refractivity contribution in [1.82, 2.24) is 0 Å². The fourth-order valence-electron chi connectivity index (χ4n) is 1.95. The van der Waals surface area contributed by atoms with Gasteiger partial charge in [0.1, 0.15) is 19.3 Å². The standard InChI is InChI=1S/C13H10Br2O3S/c14-9-3-7(4-11-13(9)18-2-1-17-11)12(16)8-5-19-6-10(8)15/h3-6,12,16H,1-2H2. The molecule has 1 N–H and O–H groups in total. The highest BCUT2D eigenvalue weighted by atomic mass is 79.9. The molecule has 1 aliphatic heterocycles. The van der Waals surface area contributed by atoms with Crippen LogP contribution >= 0.6 is 43.2 Å². The quantitative estimate of drug-likeness (QED) is 0.816. The lowest BCUT2D eigenvalue weighted by atomic mass is 10.0. The average Bonchev–Trinajstić information content (AvgIpc) is 2.84. The molecule has 1 aliphatic rings. The van der Waals surface area contributed by atoms with Gasteiger partial charge in [0, 0.05) is 15.4 Å². The van der Waals surface area contributed by atoms with Crippen molar-refractivity contribution in [3.8, 4) is 11.5 Å². The van der Waals surface area contributed by atoms with Crippen LogP contribution in [0.2, 0.25) is 0 Å². The van der Waals surface area contributed by atoms with Gasteiger partial charge < -0.3 is 14.6 Å². The Hall–Kier alpha value is -0.560. The number of halogens is 2. The predicted molar refractivity (Wildman–Crippen MR) is 81.2 cm³/mol. The van der Waals surface area contributed by atoms with Crippen LogP contribution in [0.4, 0.5) is 0 Å². The maximum atomic E-state index is 10.4. The second-order valence-electron chi connectivity index (χ2n) is 4.10. The van der Waals surface area contributed by atoms with Crippen LogP contribution in [0.15, 0.2) is 31.8 Å². The minimum Gasteiger partial charge on any atom is -0.486 e. The Bertz CT molecular complexity index is 612. The lowest BCUT2D eigenvalue weighted by Gasteiger charge is -2.21. The number of benzene rings is 1. The molecule has 0 saturated carbocycles. The number of aliphatic hydroxyl groups excluding tert-OH is 1. The fourth-order valence-corrected chi connectivity index (χ4v) is 4.06. The lowest BCUT2D eigenvalue weighted by molar-refractivity contribution is 0.168. The molecule has 1 aromatic carbocycles. The predicted octanol–water partition coefficient (Wildman–Crippen LogP) is 4.13. The molecule has 0 saturated heterocycles. The van der Waals surface area contributed by atoms with E-state index in [4.69, 9.17) is 9.47 Å². The highest BCUT2D eigenvalue weighted by Crippen LogP contribution is 2.41. The van der Waals surface area contributed by atoms with E-state index >= 15 is 0 Å². The van der Waals surface area contributed by atoms with Crippen molar-refractivity contribution in [2.75, 3.05) is 13.2 Å². The first-order valence-electron chi connectivity index (χ1n) is 5.65. The van der Waals surface area contributed by atoms with E-state index in [1.165, 1.54) is 0 Å². The zero-order valence-corrected chi connectivity index (χ0v) is 13.7. The van der Waals surface area contributed by atoms with Crippen LogP contribution in [0.3, 0.4) is 0 Å². The molecule has 1 aromatic heterocycles. The molecule has 6 heteroatoms. The number of hydrogen-bond acceptors (Lipinski definition) is 4. The summed E-state index contributed by atoms with van der Waals surface area (Å²) in [7, 11) is 0. The van der Waals surface area contributed by atoms with E-state index in [2.05, 4.69) is 31.9 Å². The number of hydrogen-bond donors (Lipinski definition) is 1. The molecule has 3 rings (SSSR count). The summed E-state index contributed by atoms with van der Waals surface area (Å²) in [5.41, 5.74) is 1.63. The van der Waals surface area contributed by atoms with E-state index < -0.39 is 6.10 Å². The van der Waals surface area contributed by atoms with Gasteiger partial charge in [-0.25, -0.2) is 0 Å². The molecule has 19 heavy (non-hydrogen) atoms. The number of aliphatic hydroxyl groups is 1. The van der Waals surface area contributed by atoms with E-state index in [-0.39, 0.29) is 0 Å². The normalized spacial score (nSPS) is 15.3. The third-order valence-corrected chi connectivity index (χ3v) is 5.21. The number of thiophene rings is 1. The SMILES string of the molecule is OC(c1cc(Br)c2c(c1)OCCO2)c1cscc1Br. The molecule has 1 atom stereocenters. The van der Waals surface area contributed by atoms with Crippen LogP contribution in [-0.2, 0) is 0 Å². The third kappa shape index (κ3) is 2.54. The highest BCUT2D eigenvalue weighted by molar-refractivity contribution is 9.10. The van der Waals surface area contributed by atoms with Gasteiger partial charge in [0.15, 0.2) is 11.5 Å². The Labute approximate surface area is 131 Å². The Morgan fingerprint density at radius 2 is 1.89 bits per heavy atom. The zero-order valence-electron chi connectivity index (χ0n) is 9.73. The van der Waals surface area contributed by atoms with Gasteiger partial charge in [-0.2, -0.15) is 11.3 Å². The minimum absolute atomic E-state index is 0.529. The van der Waals surface area contributed by atoms with E-state index in [1.807, 2.05) is 22.9 Å². The summed E-state index contributed by atoms with van der Waals surface area (Å²) < 4.78 is 12.8. The molecule has 2 heterocycles. The van der Waals surface area contributed by atoms with Gasteiger partial charge in [0.25, 0.3) is 0 Å². The fraction of sp³-hybridized carbons (Fsp3) is 0.231. The monoisotopic (exact) mass is 404 g/mol. The van der Waals surface area contributed by atoms with Crippen LogP contribution < -0.4 is 9.47 Å². The Morgan fingerprint density at radius 3 is 2.63 bits per heavy atom. The van der Waals surface area contributed by atoms with Crippen LogP contribution in [0, 0.1) is 0 Å². The summed E-state index contributed by atoms with van der Waals surface area (Å²) in [5, 5.41) is 14.3. The smallest absolute Gasteiger partial charge is 0.175 e. The first kappa shape index (κ1) is 13.4. The first-order valence-corrected chi connectivity index (χ1v) is 8.18. The van der Waals surface area contributed by atoms with E-state index in [0.29, 0.717) is 24.7 Å². The van der Waals surface area contributed by atoms with Crippen molar-refractivity contribution in [1.29, 1.82) is 0 Å². The molecule has 0 bridgehead atoms. The maximum Gasteiger partial charge on any atom is 0.175 e. The molecule has 3 nitrogen and oxygen atoms in total. The van der Waals surface area contributed by atoms with Gasteiger partial charge in [-0.1, -0.05) is 0 Å². The van der Waals surface area contributed by atoms with Gasteiger partial charge in [0.05, 0.1) is 4.47 Å². The van der Waals surface area contributed by atoms with Crippen LogP contribution in [0.25, 0.3) is 0 Å². The van der Waals surface area contributed by atoms with E-state index in [9.17, 15) is 5.11 Å². The van der Waals surface area contributed by atoms with Gasteiger partial charge >= 0.3 is 0 Å². The van der Waals surface area contributed by atoms with Crippen molar-refractivity contribution in [3.05, 3.63) is 43.0 Å². The second kappa shape index (κ2) is 5.44. The van der Waals surface area contributed by atoms with Gasteiger partial charge in [0.2, 0.25) is 0 Å². The largest absolute Gasteiger partial charge is 0.486 e. The molecule has 100 valence electrons. The minimum atomic E-state index is -0.687. The van der Waals surface area contributed by atoms with Crippen molar-refractivity contribution in [2.24, 2.45) is 0 Å². The number of rotatable bonds is 2. The molecular formula is C13H10Br2O3S. The first-order chi connectivity index (χ1) is 9.16. The van der Waals surface area contributed by atoms with Crippen LogP contribution in [-0.4, -0.2) is 18.3 Å². The third-order valence-electron chi connectivity index (χ3n) is 2.87. The van der Waals surface area contributed by atoms with Crippen molar-refractivity contribution < 1.29 is 14.6 Å². The van der Waals surface area contributed by atoms with Crippen molar-refractivity contribution >= 4 is 43.2 Å². The summed E-state index contributed by atoms with van der Waals surface area (Å²) in [4.78, 5) is 0. The van der Waals surface area contributed by atoms with Gasteiger partial charge in [-0.3, -0.25) is 0 Å². The molecular weight excluding hydrogens is 396 g/mol. The van der Waals surface area contributed by atoms with Gasteiger partial charge in [-0.15, -0.1) is 0 Å². The summed E-state index contributed by atoms with van der Waals surface area (Å²) in [6.07, 6.45) is -0.687. The summed E-state index contributed by atoms with van der Waals surface area (Å²) in [6.45, 7) is 1.07. The summed E-state index contributed by atoms with van der Waals surface area (Å²) in [6, 6.07) is 3.69. The molecule has 0 amide bonds. The van der Waals surface area contributed by atoms with Crippen LogP contribution in [0.5, 0.6) is 11.5 Å². The zero-order chi connectivity index (χ0) is 13.4. The average molecular weight is 406 g/mol. The summed E-state index contributed by atoms with van der Waals surface area (Å²) in [5.74, 6) is 1.37. The molecule has 0 spiro atoms. The molecule has 0 fully saturated rings.